The van der Waals surface area contributed by atoms with Crippen LogP contribution in [0.4, 0.5) is 0 Å². The highest BCUT2D eigenvalue weighted by atomic mass is 32.2. The molecule has 8 nitrogen and oxygen atoms in total. The highest BCUT2D eigenvalue weighted by Crippen LogP contribution is 2.20. The predicted octanol–water partition coefficient (Wildman–Crippen LogP) is 0.429. The molecule has 0 radical (unpaired) electrons. The molecule has 0 aliphatic carbocycles. The molecule has 1 fully saturated rings. The van der Waals surface area contributed by atoms with E-state index >= 15 is 0 Å². The third-order valence-electron chi connectivity index (χ3n) is 4.57. The van der Waals surface area contributed by atoms with Crippen molar-refractivity contribution in [2.45, 2.75) is 32.4 Å². The van der Waals surface area contributed by atoms with Crippen molar-refractivity contribution in [2.75, 3.05) is 18.1 Å². The number of carboxylic acids is 1. The Morgan fingerprint density at radius 3 is 2.56 bits per heavy atom. The second-order valence-corrected chi connectivity index (χ2v) is 9.06. The fourth-order valence-electron chi connectivity index (χ4n) is 2.89. The van der Waals surface area contributed by atoms with Gasteiger partial charge in [0.25, 0.3) is 0 Å². The van der Waals surface area contributed by atoms with E-state index in [-0.39, 0.29) is 36.8 Å². The number of likely N-dealkylation sites (tertiary alicyclic amines) is 1. The van der Waals surface area contributed by atoms with Crippen molar-refractivity contribution in [3.63, 3.8) is 0 Å². The minimum absolute atomic E-state index is 0.0122. The first-order valence-electron chi connectivity index (χ1n) is 8.77. The van der Waals surface area contributed by atoms with Gasteiger partial charge in [-0.1, -0.05) is 37.3 Å². The maximum atomic E-state index is 12.4. The number of hydrogen-bond acceptors (Lipinski definition) is 5. The molecule has 2 N–H and O–H groups in total. The second kappa shape index (κ2) is 8.98. The molecule has 2 rings (SSSR count). The van der Waals surface area contributed by atoms with Gasteiger partial charge in [0.05, 0.1) is 11.7 Å². The van der Waals surface area contributed by atoms with Crippen molar-refractivity contribution < 1.29 is 27.9 Å². The Morgan fingerprint density at radius 1 is 1.30 bits per heavy atom. The van der Waals surface area contributed by atoms with E-state index in [0.717, 1.165) is 5.56 Å². The monoisotopic (exact) mass is 396 g/mol. The van der Waals surface area contributed by atoms with E-state index in [1.165, 1.54) is 6.92 Å². The topological polar surface area (TPSA) is 121 Å². The van der Waals surface area contributed by atoms with Crippen LogP contribution in [0.1, 0.15) is 25.3 Å². The fraction of sp³-hybridized carbons (Fsp3) is 0.500. The molecule has 0 spiro atoms. The Labute approximate surface area is 158 Å². The molecular formula is C18H24N2O6S. The number of carboxylic acid groups (broad SMARTS) is 1. The fourth-order valence-corrected chi connectivity index (χ4v) is 3.78. The van der Waals surface area contributed by atoms with E-state index in [0.29, 0.717) is 6.54 Å². The molecule has 2 atom stereocenters. The summed E-state index contributed by atoms with van der Waals surface area (Å²) in [6, 6.07) is 8.07. The quantitative estimate of drug-likeness (QED) is 0.624. The van der Waals surface area contributed by atoms with Crippen LogP contribution >= 0.6 is 0 Å². The zero-order valence-electron chi connectivity index (χ0n) is 15.1. The number of aliphatic carboxylic acids is 1. The second-order valence-electron chi connectivity index (χ2n) is 6.59. The number of rotatable bonds is 9. The van der Waals surface area contributed by atoms with Crippen LogP contribution in [0.3, 0.4) is 0 Å². The minimum atomic E-state index is -3.33. The summed E-state index contributed by atoms with van der Waals surface area (Å²) in [5.41, 5.74) is 0.945. The van der Waals surface area contributed by atoms with Gasteiger partial charge in [-0.05, 0) is 12.0 Å². The molecular weight excluding hydrogens is 372 g/mol. The lowest BCUT2D eigenvalue weighted by molar-refractivity contribution is -0.142. The van der Waals surface area contributed by atoms with Gasteiger partial charge in [0.15, 0.2) is 0 Å². The number of nitrogens with one attached hydrogen (secondary N) is 1. The summed E-state index contributed by atoms with van der Waals surface area (Å²) in [5.74, 6) is -3.05. The Hall–Kier alpha value is -2.42. The Balaban J connectivity index is 1.94. The van der Waals surface area contributed by atoms with Gasteiger partial charge >= 0.3 is 5.97 Å². The van der Waals surface area contributed by atoms with Gasteiger partial charge in [0.1, 0.15) is 15.9 Å². The molecule has 0 bridgehead atoms. The molecule has 1 aliphatic heterocycles. The largest absolute Gasteiger partial charge is 0.480 e. The number of carbonyl (C=O) groups is 3. The van der Waals surface area contributed by atoms with Crippen LogP contribution in [-0.2, 0) is 30.8 Å². The molecule has 148 valence electrons. The van der Waals surface area contributed by atoms with E-state index in [1.807, 2.05) is 30.3 Å². The van der Waals surface area contributed by atoms with Gasteiger partial charge in [-0.25, -0.2) is 13.2 Å². The van der Waals surface area contributed by atoms with E-state index in [2.05, 4.69) is 5.32 Å². The molecule has 27 heavy (non-hydrogen) atoms. The molecule has 1 aromatic carbocycles. The van der Waals surface area contributed by atoms with Gasteiger partial charge in [-0.2, -0.15) is 0 Å². The van der Waals surface area contributed by atoms with Gasteiger partial charge in [-0.15, -0.1) is 0 Å². The van der Waals surface area contributed by atoms with Gasteiger partial charge in [0.2, 0.25) is 11.8 Å². The molecule has 1 saturated heterocycles. The van der Waals surface area contributed by atoms with Gasteiger partial charge < -0.3 is 15.3 Å². The van der Waals surface area contributed by atoms with Crippen LogP contribution < -0.4 is 5.32 Å². The first-order valence-corrected chi connectivity index (χ1v) is 10.6. The van der Waals surface area contributed by atoms with Crippen molar-refractivity contribution in [1.82, 2.24) is 10.2 Å². The van der Waals surface area contributed by atoms with Crippen LogP contribution in [0.2, 0.25) is 0 Å². The number of hydrogen-bond donors (Lipinski definition) is 2. The average Bonchev–Trinajstić information content (AvgIpc) is 3.00. The Kier molecular flexibility index (Phi) is 6.95. The maximum absolute atomic E-state index is 12.4. The zero-order valence-corrected chi connectivity index (χ0v) is 15.9. The van der Waals surface area contributed by atoms with Crippen molar-refractivity contribution >= 4 is 27.6 Å². The summed E-state index contributed by atoms with van der Waals surface area (Å²) in [4.78, 5) is 37.5. The smallest absolute Gasteiger partial charge is 0.326 e. The van der Waals surface area contributed by atoms with Crippen molar-refractivity contribution in [3.05, 3.63) is 35.9 Å². The highest BCUT2D eigenvalue weighted by Gasteiger charge is 2.36. The third kappa shape index (κ3) is 6.06. The number of sulfone groups is 1. The number of amides is 2. The van der Waals surface area contributed by atoms with E-state index in [9.17, 15) is 27.9 Å². The molecule has 9 heteroatoms. The summed E-state index contributed by atoms with van der Waals surface area (Å²) in [5, 5.41) is 11.6. The molecule has 1 aromatic rings. The average molecular weight is 396 g/mol. The first kappa shape index (κ1) is 20.9. The third-order valence-corrected chi connectivity index (χ3v) is 6.31. The summed E-state index contributed by atoms with van der Waals surface area (Å²) in [7, 11) is -3.33. The van der Waals surface area contributed by atoms with Crippen LogP contribution in [0.15, 0.2) is 30.3 Å². The summed E-state index contributed by atoms with van der Waals surface area (Å²) < 4.78 is 23.1. The zero-order chi connectivity index (χ0) is 20.0. The highest BCUT2D eigenvalue weighted by molar-refractivity contribution is 7.91. The number of nitrogens with zero attached hydrogens (tertiary/aromatic N) is 1. The van der Waals surface area contributed by atoms with Crippen LogP contribution in [0.25, 0.3) is 0 Å². The summed E-state index contributed by atoms with van der Waals surface area (Å²) in [6.07, 6.45) is -0.191. The Bertz CT molecular complexity index is 793. The van der Waals surface area contributed by atoms with Gasteiger partial charge in [0, 0.05) is 25.3 Å². The van der Waals surface area contributed by atoms with Crippen molar-refractivity contribution in [3.8, 4) is 0 Å². The SMILES string of the molecule is CCS(=O)(=O)CCC(NC(=O)C1CC(=O)N(Cc2ccccc2)C1)C(=O)O. The normalized spacial score (nSPS) is 18.3. The summed E-state index contributed by atoms with van der Waals surface area (Å²) >= 11 is 0. The molecule has 2 amide bonds. The maximum Gasteiger partial charge on any atom is 0.326 e. The molecule has 1 heterocycles. The van der Waals surface area contributed by atoms with Crippen LogP contribution in [0, 0.1) is 5.92 Å². The summed E-state index contributed by atoms with van der Waals surface area (Å²) in [6.45, 7) is 2.08. The predicted molar refractivity (Wildman–Crippen MR) is 98.5 cm³/mol. The standard InChI is InChI=1S/C18H24N2O6S/c1-2-27(25,26)9-8-15(18(23)24)19-17(22)14-10-16(21)20(12-14)11-13-6-4-3-5-7-13/h3-7,14-15H,2,8-12H2,1H3,(H,19,22)(H,23,24). The van der Waals surface area contributed by atoms with Crippen LogP contribution in [0.5, 0.6) is 0 Å². The Morgan fingerprint density at radius 2 is 1.96 bits per heavy atom. The molecule has 0 aromatic heterocycles. The first-order chi connectivity index (χ1) is 12.7. The molecule has 2 unspecified atom stereocenters. The lowest BCUT2D eigenvalue weighted by Crippen LogP contribution is -2.45. The van der Waals surface area contributed by atoms with Crippen molar-refractivity contribution in [1.29, 1.82) is 0 Å². The van der Waals surface area contributed by atoms with E-state index in [1.54, 1.807) is 4.90 Å². The lowest BCUT2D eigenvalue weighted by Gasteiger charge is -2.18. The van der Waals surface area contributed by atoms with E-state index in [4.69, 9.17) is 0 Å². The number of carbonyl (C=O) groups excluding carboxylic acids is 2. The molecule has 1 aliphatic rings. The van der Waals surface area contributed by atoms with E-state index < -0.39 is 33.7 Å². The van der Waals surface area contributed by atoms with Crippen molar-refractivity contribution in [2.24, 2.45) is 5.92 Å². The lowest BCUT2D eigenvalue weighted by atomic mass is 10.1. The number of benzene rings is 1. The van der Waals surface area contributed by atoms with Gasteiger partial charge in [-0.3, -0.25) is 9.59 Å². The molecule has 0 saturated carbocycles. The van der Waals surface area contributed by atoms with Crippen LogP contribution in [-0.4, -0.2) is 60.3 Å². The minimum Gasteiger partial charge on any atom is -0.480 e.